The van der Waals surface area contributed by atoms with Crippen molar-refractivity contribution < 1.29 is 9.53 Å². The Morgan fingerprint density at radius 1 is 1.28 bits per heavy atom. The lowest BCUT2D eigenvalue weighted by atomic mass is 10.2. The zero-order valence-corrected chi connectivity index (χ0v) is 10.9. The van der Waals surface area contributed by atoms with Gasteiger partial charge in [0.1, 0.15) is 5.75 Å². The molecule has 0 spiro atoms. The van der Waals surface area contributed by atoms with Crippen LogP contribution in [0.25, 0.3) is 0 Å². The number of carbonyl (C=O) groups is 1. The highest BCUT2D eigenvalue weighted by molar-refractivity contribution is 5.94. The molecule has 0 fully saturated rings. The monoisotopic (exact) mass is 250 g/mol. The van der Waals surface area contributed by atoms with Crippen molar-refractivity contribution in [1.29, 1.82) is 0 Å². The van der Waals surface area contributed by atoms with Gasteiger partial charge in [0, 0.05) is 12.1 Å². The molecule has 0 aliphatic heterocycles. The van der Waals surface area contributed by atoms with E-state index in [9.17, 15) is 4.79 Å². The first-order chi connectivity index (χ1) is 8.77. The van der Waals surface area contributed by atoms with Gasteiger partial charge in [0.25, 0.3) is 5.91 Å². The molecule has 100 valence electrons. The van der Waals surface area contributed by atoms with E-state index in [0.717, 1.165) is 32.2 Å². The predicted molar refractivity (Wildman–Crippen MR) is 72.8 cm³/mol. The normalized spacial score (nSPS) is 10.1. The minimum atomic E-state index is -0.0484. The van der Waals surface area contributed by atoms with Gasteiger partial charge in [-0.25, -0.2) is 0 Å². The van der Waals surface area contributed by atoms with Crippen molar-refractivity contribution in [3.8, 4) is 5.75 Å². The van der Waals surface area contributed by atoms with Crippen LogP contribution in [-0.4, -0.2) is 26.1 Å². The number of amides is 1. The number of rotatable bonds is 8. The number of nitrogens with one attached hydrogen (secondary N) is 1. The van der Waals surface area contributed by atoms with Crippen LogP contribution >= 0.6 is 0 Å². The molecule has 0 atom stereocenters. The van der Waals surface area contributed by atoms with Crippen LogP contribution in [0.15, 0.2) is 24.3 Å². The number of hydrogen-bond acceptors (Lipinski definition) is 3. The summed E-state index contributed by atoms with van der Waals surface area (Å²) in [5.41, 5.74) is 6.05. The number of methoxy groups -OCH3 is 1. The summed E-state index contributed by atoms with van der Waals surface area (Å²) in [5, 5.41) is 2.90. The number of hydrogen-bond donors (Lipinski definition) is 2. The fraction of sp³-hybridized carbons (Fsp3) is 0.500. The Morgan fingerprint density at radius 2 is 2.06 bits per heavy atom. The molecule has 3 N–H and O–H groups in total. The first-order valence-electron chi connectivity index (χ1n) is 6.40. The maximum atomic E-state index is 11.8. The summed E-state index contributed by atoms with van der Waals surface area (Å²) in [4.78, 5) is 11.8. The molecule has 1 amide bonds. The summed E-state index contributed by atoms with van der Waals surface area (Å²) >= 11 is 0. The van der Waals surface area contributed by atoms with Crippen LogP contribution in [0, 0.1) is 0 Å². The van der Waals surface area contributed by atoms with Crippen LogP contribution in [0.3, 0.4) is 0 Å². The highest BCUT2D eigenvalue weighted by Crippen LogP contribution is 2.12. The molecule has 0 saturated carbocycles. The number of benzene rings is 1. The Kier molecular flexibility index (Phi) is 6.87. The van der Waals surface area contributed by atoms with E-state index < -0.39 is 0 Å². The van der Waals surface area contributed by atoms with Crippen molar-refractivity contribution in [1.82, 2.24) is 5.32 Å². The molecule has 18 heavy (non-hydrogen) atoms. The summed E-state index contributed by atoms with van der Waals surface area (Å²) in [5.74, 6) is 0.651. The molecule has 1 rings (SSSR count). The molecule has 0 radical (unpaired) electrons. The van der Waals surface area contributed by atoms with E-state index in [4.69, 9.17) is 10.5 Å². The van der Waals surface area contributed by atoms with Gasteiger partial charge < -0.3 is 15.8 Å². The third-order valence-corrected chi connectivity index (χ3v) is 2.75. The van der Waals surface area contributed by atoms with Gasteiger partial charge in [-0.15, -0.1) is 0 Å². The lowest BCUT2D eigenvalue weighted by Gasteiger charge is -2.06. The third kappa shape index (κ3) is 5.19. The minimum Gasteiger partial charge on any atom is -0.497 e. The van der Waals surface area contributed by atoms with E-state index in [1.807, 2.05) is 12.1 Å². The Hall–Kier alpha value is -1.55. The minimum absolute atomic E-state index is 0.0484. The second-order valence-electron chi connectivity index (χ2n) is 4.19. The number of nitrogens with two attached hydrogens (primary N) is 1. The van der Waals surface area contributed by atoms with E-state index in [1.165, 1.54) is 0 Å². The Morgan fingerprint density at radius 3 is 2.78 bits per heavy atom. The fourth-order valence-corrected chi connectivity index (χ4v) is 1.69. The van der Waals surface area contributed by atoms with Gasteiger partial charge >= 0.3 is 0 Å². The molecule has 0 aliphatic carbocycles. The second-order valence-corrected chi connectivity index (χ2v) is 4.19. The molecule has 0 heterocycles. The molecule has 4 nitrogen and oxygen atoms in total. The maximum Gasteiger partial charge on any atom is 0.251 e. The predicted octanol–water partition coefficient (Wildman–Crippen LogP) is 1.94. The lowest BCUT2D eigenvalue weighted by Crippen LogP contribution is -2.24. The molecule has 0 bridgehead atoms. The van der Waals surface area contributed by atoms with Crippen LogP contribution in [0.4, 0.5) is 0 Å². The summed E-state index contributed by atoms with van der Waals surface area (Å²) in [6.07, 6.45) is 4.29. The largest absolute Gasteiger partial charge is 0.497 e. The van der Waals surface area contributed by atoms with Gasteiger partial charge in [-0.3, -0.25) is 4.79 Å². The zero-order valence-electron chi connectivity index (χ0n) is 10.9. The SMILES string of the molecule is COc1cccc(C(=O)NCCCCCCN)c1. The number of unbranched alkanes of at least 4 members (excludes halogenated alkanes) is 3. The first kappa shape index (κ1) is 14.5. The Balaban J connectivity index is 2.27. The van der Waals surface area contributed by atoms with Crippen molar-refractivity contribution in [3.63, 3.8) is 0 Å². The van der Waals surface area contributed by atoms with Crippen LogP contribution in [0.2, 0.25) is 0 Å². The van der Waals surface area contributed by atoms with Crippen molar-refractivity contribution in [2.45, 2.75) is 25.7 Å². The molecule has 1 aromatic rings. The molecule has 0 unspecified atom stereocenters. The van der Waals surface area contributed by atoms with Gasteiger partial charge in [-0.2, -0.15) is 0 Å². The topological polar surface area (TPSA) is 64.3 Å². The van der Waals surface area contributed by atoms with Crippen LogP contribution in [-0.2, 0) is 0 Å². The standard InChI is InChI=1S/C14H22N2O2/c1-18-13-8-6-7-12(11-13)14(17)16-10-5-3-2-4-9-15/h6-8,11H,2-5,9-10,15H2,1H3,(H,16,17). The van der Waals surface area contributed by atoms with Gasteiger partial charge in [-0.1, -0.05) is 18.9 Å². The van der Waals surface area contributed by atoms with Crippen LogP contribution in [0.5, 0.6) is 5.75 Å². The van der Waals surface area contributed by atoms with Crippen LogP contribution in [0.1, 0.15) is 36.0 Å². The summed E-state index contributed by atoms with van der Waals surface area (Å²) < 4.78 is 5.08. The highest BCUT2D eigenvalue weighted by atomic mass is 16.5. The molecule has 0 aliphatic rings. The first-order valence-corrected chi connectivity index (χ1v) is 6.40. The van der Waals surface area contributed by atoms with E-state index in [1.54, 1.807) is 19.2 Å². The van der Waals surface area contributed by atoms with Crippen molar-refractivity contribution in [2.75, 3.05) is 20.2 Å². The van der Waals surface area contributed by atoms with E-state index >= 15 is 0 Å². The molecule has 4 heteroatoms. The molecular formula is C14H22N2O2. The van der Waals surface area contributed by atoms with Gasteiger partial charge in [0.05, 0.1) is 7.11 Å². The highest BCUT2D eigenvalue weighted by Gasteiger charge is 2.05. The Labute approximate surface area is 109 Å². The summed E-state index contributed by atoms with van der Waals surface area (Å²) in [6, 6.07) is 7.16. The zero-order chi connectivity index (χ0) is 13.2. The van der Waals surface area contributed by atoms with E-state index in [0.29, 0.717) is 17.9 Å². The van der Waals surface area contributed by atoms with E-state index in [2.05, 4.69) is 5.32 Å². The lowest BCUT2D eigenvalue weighted by molar-refractivity contribution is 0.0952. The average molecular weight is 250 g/mol. The number of carbonyl (C=O) groups excluding carboxylic acids is 1. The fourth-order valence-electron chi connectivity index (χ4n) is 1.69. The third-order valence-electron chi connectivity index (χ3n) is 2.75. The van der Waals surface area contributed by atoms with E-state index in [-0.39, 0.29) is 5.91 Å². The average Bonchev–Trinajstić information content (AvgIpc) is 2.42. The van der Waals surface area contributed by atoms with Crippen LogP contribution < -0.4 is 15.8 Å². The van der Waals surface area contributed by atoms with Gasteiger partial charge in [-0.05, 0) is 37.6 Å². The quantitative estimate of drug-likeness (QED) is 0.693. The Bertz CT molecular complexity index is 367. The van der Waals surface area contributed by atoms with Gasteiger partial charge in [0.15, 0.2) is 0 Å². The number of ether oxygens (including phenoxy) is 1. The molecule has 0 aromatic heterocycles. The maximum absolute atomic E-state index is 11.8. The van der Waals surface area contributed by atoms with Crippen molar-refractivity contribution in [2.24, 2.45) is 5.73 Å². The summed E-state index contributed by atoms with van der Waals surface area (Å²) in [7, 11) is 1.59. The summed E-state index contributed by atoms with van der Waals surface area (Å²) in [6.45, 7) is 1.46. The molecule has 1 aromatic carbocycles. The molecular weight excluding hydrogens is 228 g/mol. The second kappa shape index (κ2) is 8.53. The van der Waals surface area contributed by atoms with Crippen molar-refractivity contribution >= 4 is 5.91 Å². The van der Waals surface area contributed by atoms with Gasteiger partial charge in [0.2, 0.25) is 0 Å². The smallest absolute Gasteiger partial charge is 0.251 e. The van der Waals surface area contributed by atoms with Crippen molar-refractivity contribution in [3.05, 3.63) is 29.8 Å². The molecule has 0 saturated heterocycles.